The van der Waals surface area contributed by atoms with Crippen LogP contribution in [0.15, 0.2) is 101 Å². The van der Waals surface area contributed by atoms with Crippen LogP contribution in [0.2, 0.25) is 5.02 Å². The molecule has 3 saturated carbocycles. The molecule has 1 amide bonds. The van der Waals surface area contributed by atoms with Crippen molar-refractivity contribution in [1.29, 1.82) is 0 Å². The number of ether oxygens (including phenoxy) is 1. The van der Waals surface area contributed by atoms with Crippen LogP contribution >= 0.6 is 11.6 Å². The second-order valence-electron chi connectivity index (χ2n) is 17.8. The van der Waals surface area contributed by atoms with Crippen molar-refractivity contribution in [3.05, 3.63) is 119 Å². The molecule has 1 N–H and O–H groups in total. The standard InChI is InChI=1S/C46H43ClF3NO5/c1-41-17-14-30(52)23-43(41)20-21-45(33(24-43)39(53)36-13-12-35(55-36)32-22-29(46(48,49)50)10-11-34(32)47)37(41)15-18-42(2)38(45)16-19-44(42)26-51(40(54)56-44)25-28-8-5-7-27-6-3-4-9-31(27)28/h3-13,20-22,24,30,37-38,52H,14-19,23,25-26H2,1-2H3/t30-,37+,38+,41+,42-,43-,44+,45+/m0/s1. The van der Waals surface area contributed by atoms with Gasteiger partial charge in [-0.25, -0.2) is 4.79 Å². The fraction of sp³-hybridized carbons (Fsp3) is 0.435. The number of carbonyl (C=O) groups excluding carboxylic acids is 2. The first-order valence-electron chi connectivity index (χ1n) is 19.7. The van der Waals surface area contributed by atoms with Gasteiger partial charge in [-0.05, 0) is 109 Å². The van der Waals surface area contributed by atoms with Crippen LogP contribution in [0, 0.1) is 33.5 Å². The van der Waals surface area contributed by atoms with Crippen LogP contribution in [0.3, 0.4) is 0 Å². The van der Waals surface area contributed by atoms with E-state index in [9.17, 15) is 23.1 Å². The fourth-order valence-electron chi connectivity index (χ4n) is 12.8. The van der Waals surface area contributed by atoms with Gasteiger partial charge in [0.2, 0.25) is 5.78 Å². The Kier molecular flexibility index (Phi) is 7.63. The lowest BCUT2D eigenvalue weighted by Gasteiger charge is -2.71. The van der Waals surface area contributed by atoms with E-state index in [1.165, 1.54) is 18.2 Å². The first-order valence-corrected chi connectivity index (χ1v) is 20.1. The molecule has 7 aliphatic rings. The maximum absolute atomic E-state index is 15.1. The van der Waals surface area contributed by atoms with Crippen molar-refractivity contribution in [2.24, 2.45) is 33.5 Å². The fourth-order valence-corrected chi connectivity index (χ4v) is 13.0. The summed E-state index contributed by atoms with van der Waals surface area (Å²) in [6.07, 6.45) is 6.22. The summed E-state index contributed by atoms with van der Waals surface area (Å²) in [5, 5.41) is 13.4. The normalized spacial score (nSPS) is 35.7. The molecule has 1 aliphatic heterocycles. The van der Waals surface area contributed by atoms with Crippen molar-refractivity contribution in [1.82, 2.24) is 4.90 Å². The van der Waals surface area contributed by atoms with Crippen molar-refractivity contribution >= 4 is 34.2 Å². The zero-order chi connectivity index (χ0) is 39.0. The highest BCUT2D eigenvalue weighted by Crippen LogP contribution is 2.79. The van der Waals surface area contributed by atoms with Gasteiger partial charge in [-0.3, -0.25) is 9.69 Å². The lowest BCUT2D eigenvalue weighted by atomic mass is 9.32. The summed E-state index contributed by atoms with van der Waals surface area (Å²) in [5.41, 5.74) is -1.88. The van der Waals surface area contributed by atoms with E-state index in [0.29, 0.717) is 37.9 Å². The Balaban J connectivity index is 1.04. The predicted octanol–water partition coefficient (Wildman–Crippen LogP) is 11.2. The summed E-state index contributed by atoms with van der Waals surface area (Å²) >= 11 is 6.40. The third-order valence-electron chi connectivity index (χ3n) is 15.5. The molecule has 0 radical (unpaired) electrons. The van der Waals surface area contributed by atoms with Gasteiger partial charge in [0.1, 0.15) is 11.4 Å². The van der Waals surface area contributed by atoms with E-state index >= 15 is 4.79 Å². The third-order valence-corrected chi connectivity index (χ3v) is 15.9. The number of ketones is 1. The van der Waals surface area contributed by atoms with Crippen LogP contribution < -0.4 is 0 Å². The minimum Gasteiger partial charge on any atom is -0.453 e. The molecule has 6 aliphatic carbocycles. The first kappa shape index (κ1) is 36.0. The number of amides is 1. The van der Waals surface area contributed by atoms with Crippen molar-refractivity contribution in [3.63, 3.8) is 0 Å². The zero-order valence-electron chi connectivity index (χ0n) is 31.3. The lowest BCUT2D eigenvalue weighted by Crippen LogP contribution is -2.67. The highest BCUT2D eigenvalue weighted by molar-refractivity contribution is 6.33. The maximum atomic E-state index is 15.1. The number of rotatable bonds is 5. The summed E-state index contributed by atoms with van der Waals surface area (Å²) in [6, 6.07) is 20.4. The van der Waals surface area contributed by atoms with E-state index in [0.717, 1.165) is 54.2 Å². The molecule has 4 aromatic rings. The molecule has 2 bridgehead atoms. The summed E-state index contributed by atoms with van der Waals surface area (Å²) in [5.74, 6) is -0.205. The van der Waals surface area contributed by atoms with Crippen molar-refractivity contribution < 1.29 is 37.0 Å². The van der Waals surface area contributed by atoms with E-state index in [1.807, 2.05) is 23.1 Å². The second kappa shape index (κ2) is 11.9. The van der Waals surface area contributed by atoms with Crippen LogP contribution in [0.4, 0.5) is 18.0 Å². The number of hydrogen-bond acceptors (Lipinski definition) is 5. The summed E-state index contributed by atoms with van der Waals surface area (Å²) < 4.78 is 53.8. The number of allylic oxidation sites excluding steroid dienone is 4. The predicted molar refractivity (Wildman–Crippen MR) is 206 cm³/mol. The average molecular weight is 782 g/mol. The van der Waals surface area contributed by atoms with Gasteiger partial charge in [0, 0.05) is 33.9 Å². The first-order chi connectivity index (χ1) is 26.6. The molecule has 4 fully saturated rings. The van der Waals surface area contributed by atoms with Gasteiger partial charge in [0.25, 0.3) is 0 Å². The Morgan fingerprint density at radius 1 is 0.929 bits per heavy atom. The molecule has 3 spiro atoms. The Hall–Kier alpha value is -4.34. The van der Waals surface area contributed by atoms with Crippen molar-refractivity contribution in [2.45, 2.75) is 83.2 Å². The average Bonchev–Trinajstić information content (AvgIpc) is 3.86. The highest BCUT2D eigenvalue weighted by Gasteiger charge is 2.76. The van der Waals surface area contributed by atoms with Crippen LogP contribution in [-0.2, 0) is 17.5 Å². The topological polar surface area (TPSA) is 80.0 Å². The van der Waals surface area contributed by atoms with Crippen LogP contribution in [0.1, 0.15) is 80.5 Å². The number of hydrogen-bond donors (Lipinski definition) is 1. The van der Waals surface area contributed by atoms with Crippen LogP contribution in [-0.4, -0.2) is 40.1 Å². The number of benzene rings is 3. The zero-order valence-corrected chi connectivity index (χ0v) is 32.1. The summed E-state index contributed by atoms with van der Waals surface area (Å²) in [4.78, 5) is 30.8. The van der Waals surface area contributed by atoms with E-state index in [2.05, 4.69) is 56.3 Å². The molecule has 3 aromatic carbocycles. The van der Waals surface area contributed by atoms with Crippen molar-refractivity contribution in [2.75, 3.05) is 6.54 Å². The molecule has 1 aromatic heterocycles. The molecule has 290 valence electrons. The Morgan fingerprint density at radius 3 is 2.50 bits per heavy atom. The Morgan fingerprint density at radius 2 is 1.68 bits per heavy atom. The third kappa shape index (κ3) is 4.73. The molecule has 11 rings (SSSR count). The van der Waals surface area contributed by atoms with Gasteiger partial charge in [0.15, 0.2) is 5.76 Å². The van der Waals surface area contributed by atoms with Gasteiger partial charge in [-0.15, -0.1) is 0 Å². The number of aliphatic hydroxyl groups is 1. The highest BCUT2D eigenvalue weighted by atomic mass is 35.5. The van der Waals surface area contributed by atoms with E-state index < -0.39 is 39.7 Å². The van der Waals surface area contributed by atoms with Crippen LogP contribution in [0.25, 0.3) is 22.1 Å². The van der Waals surface area contributed by atoms with Gasteiger partial charge < -0.3 is 14.3 Å². The number of aliphatic hydroxyl groups excluding tert-OH is 1. The smallest absolute Gasteiger partial charge is 0.416 e. The minimum atomic E-state index is -4.58. The molecule has 1 saturated heterocycles. The largest absolute Gasteiger partial charge is 0.453 e. The van der Waals surface area contributed by atoms with E-state index in [1.54, 1.807) is 0 Å². The number of Topliss-reactive ketones (excluding diaryl/α,β-unsaturated/α-hetero) is 1. The Labute approximate surface area is 328 Å². The number of fused-ring (bicyclic) bond motifs is 3. The van der Waals surface area contributed by atoms with Gasteiger partial charge in [-0.2, -0.15) is 13.2 Å². The summed E-state index contributed by atoms with van der Waals surface area (Å²) in [7, 11) is 0. The Bertz CT molecular complexity index is 2400. The van der Waals surface area contributed by atoms with E-state index in [-0.39, 0.29) is 51.2 Å². The van der Waals surface area contributed by atoms with Crippen LogP contribution in [0.5, 0.6) is 0 Å². The maximum Gasteiger partial charge on any atom is 0.416 e. The molecule has 8 atom stereocenters. The molecule has 10 heteroatoms. The number of carbonyl (C=O) groups is 2. The molecule has 56 heavy (non-hydrogen) atoms. The quantitative estimate of drug-likeness (QED) is 0.161. The SMILES string of the molecule is C[C@]12CC[C@H]3[C@]4(C=C[C@@]5(C=C4C(=O)c4ccc(-c6cc(C(F)(F)F)ccc6Cl)o4)C[C@@H](O)CC[C@]35C)[C@@H]1CC[C@@]21CN(Cc2cccc3ccccc23)C(=O)O1. The monoisotopic (exact) mass is 781 g/mol. The molecule has 0 unspecified atom stereocenters. The molecule has 6 nitrogen and oxygen atoms in total. The van der Waals surface area contributed by atoms with Crippen molar-refractivity contribution in [3.8, 4) is 11.3 Å². The summed E-state index contributed by atoms with van der Waals surface area (Å²) in [6.45, 7) is 5.46. The van der Waals surface area contributed by atoms with Gasteiger partial charge in [-0.1, -0.05) is 86.1 Å². The number of halogens is 4. The minimum absolute atomic E-state index is 0.0248. The van der Waals surface area contributed by atoms with Gasteiger partial charge in [0.05, 0.1) is 23.2 Å². The van der Waals surface area contributed by atoms with E-state index in [4.69, 9.17) is 20.8 Å². The molecular weight excluding hydrogens is 739 g/mol. The molecular formula is C46H43ClF3NO5. The number of furan rings is 1. The molecule has 2 heterocycles. The number of nitrogens with zero attached hydrogens (tertiary/aromatic N) is 1. The second-order valence-corrected chi connectivity index (χ2v) is 18.2. The van der Waals surface area contributed by atoms with Gasteiger partial charge >= 0.3 is 12.3 Å². The lowest BCUT2D eigenvalue weighted by molar-refractivity contribution is -0.164. The number of alkyl halides is 3.